The van der Waals surface area contributed by atoms with E-state index in [9.17, 15) is 9.59 Å². The van der Waals surface area contributed by atoms with Crippen molar-refractivity contribution in [2.75, 3.05) is 14.2 Å². The summed E-state index contributed by atoms with van der Waals surface area (Å²) in [4.78, 5) is 22.4. The maximum absolute atomic E-state index is 11.4. The molecule has 0 aliphatic heterocycles. The number of esters is 1. The summed E-state index contributed by atoms with van der Waals surface area (Å²) < 4.78 is 9.38. The molecule has 80 valence electrons. The summed E-state index contributed by atoms with van der Waals surface area (Å²) >= 11 is 0. The Morgan fingerprint density at radius 1 is 1.20 bits per heavy atom. The Hall–Kier alpha value is -1.84. The molecule has 0 aliphatic carbocycles. The number of carbonyl (C=O) groups is 2. The van der Waals surface area contributed by atoms with Crippen molar-refractivity contribution in [2.45, 2.75) is 6.92 Å². The molecule has 0 amide bonds. The molecule has 1 aromatic rings. The lowest BCUT2D eigenvalue weighted by Crippen LogP contribution is -2.15. The highest BCUT2D eigenvalue weighted by Crippen LogP contribution is 2.18. The van der Waals surface area contributed by atoms with E-state index >= 15 is 0 Å². The SMILES string of the molecule is COC(=O)C(=O)c1ccc(OC)c(C)c1. The van der Waals surface area contributed by atoms with Gasteiger partial charge in [-0.25, -0.2) is 4.79 Å². The molecule has 4 heteroatoms. The van der Waals surface area contributed by atoms with E-state index in [-0.39, 0.29) is 0 Å². The molecule has 1 aromatic carbocycles. The van der Waals surface area contributed by atoms with E-state index in [4.69, 9.17) is 4.74 Å². The Bertz CT molecular complexity index is 396. The maximum Gasteiger partial charge on any atom is 0.379 e. The third kappa shape index (κ3) is 2.34. The average molecular weight is 208 g/mol. The molecule has 4 nitrogen and oxygen atoms in total. The maximum atomic E-state index is 11.4. The Morgan fingerprint density at radius 3 is 2.33 bits per heavy atom. The smallest absolute Gasteiger partial charge is 0.379 e. The van der Waals surface area contributed by atoms with Gasteiger partial charge in [0, 0.05) is 5.56 Å². The molecule has 0 heterocycles. The van der Waals surface area contributed by atoms with Crippen molar-refractivity contribution >= 4 is 11.8 Å². The Labute approximate surface area is 87.8 Å². The van der Waals surface area contributed by atoms with Crippen molar-refractivity contribution in [3.05, 3.63) is 29.3 Å². The second kappa shape index (κ2) is 4.59. The fourth-order valence-corrected chi connectivity index (χ4v) is 1.23. The largest absolute Gasteiger partial charge is 0.496 e. The number of Topliss-reactive ketones (excluding diaryl/α,β-unsaturated/α-hetero) is 1. The Morgan fingerprint density at radius 2 is 1.87 bits per heavy atom. The predicted octanol–water partition coefficient (Wildman–Crippen LogP) is 1.36. The van der Waals surface area contributed by atoms with Gasteiger partial charge in [-0.3, -0.25) is 4.79 Å². The van der Waals surface area contributed by atoms with Crippen molar-refractivity contribution in [1.82, 2.24) is 0 Å². The van der Waals surface area contributed by atoms with Gasteiger partial charge in [0.15, 0.2) is 0 Å². The molecular formula is C11H12O4. The van der Waals surface area contributed by atoms with E-state index in [1.165, 1.54) is 13.2 Å². The van der Waals surface area contributed by atoms with Crippen molar-refractivity contribution in [1.29, 1.82) is 0 Å². The highest BCUT2D eigenvalue weighted by atomic mass is 16.5. The van der Waals surface area contributed by atoms with Gasteiger partial charge in [-0.2, -0.15) is 0 Å². The summed E-state index contributed by atoms with van der Waals surface area (Å²) in [6, 6.07) is 4.77. The van der Waals surface area contributed by atoms with Crippen LogP contribution in [0, 0.1) is 6.92 Å². The molecule has 0 radical (unpaired) electrons. The van der Waals surface area contributed by atoms with Crippen LogP contribution in [0.2, 0.25) is 0 Å². The van der Waals surface area contributed by atoms with E-state index in [2.05, 4.69) is 4.74 Å². The third-order valence-corrected chi connectivity index (χ3v) is 2.03. The predicted molar refractivity (Wildman–Crippen MR) is 54.1 cm³/mol. The van der Waals surface area contributed by atoms with E-state index in [0.29, 0.717) is 11.3 Å². The molecule has 0 saturated carbocycles. The number of aryl methyl sites for hydroxylation is 1. The van der Waals surface area contributed by atoms with Crippen LogP contribution < -0.4 is 4.74 Å². The lowest BCUT2D eigenvalue weighted by Gasteiger charge is -2.05. The summed E-state index contributed by atoms with van der Waals surface area (Å²) in [6.45, 7) is 1.80. The number of ether oxygens (including phenoxy) is 2. The normalized spacial score (nSPS) is 9.53. The van der Waals surface area contributed by atoms with Crippen LogP contribution in [0.3, 0.4) is 0 Å². The number of rotatable bonds is 3. The lowest BCUT2D eigenvalue weighted by atomic mass is 10.1. The van der Waals surface area contributed by atoms with Crippen molar-refractivity contribution in [3.8, 4) is 5.75 Å². The van der Waals surface area contributed by atoms with Crippen LogP contribution in [0.15, 0.2) is 18.2 Å². The zero-order chi connectivity index (χ0) is 11.4. The molecule has 0 bridgehead atoms. The topological polar surface area (TPSA) is 52.6 Å². The van der Waals surface area contributed by atoms with E-state index in [0.717, 1.165) is 5.56 Å². The highest BCUT2D eigenvalue weighted by Gasteiger charge is 2.17. The standard InChI is InChI=1S/C11H12O4/c1-7-6-8(4-5-9(7)14-2)10(12)11(13)15-3/h4-6H,1-3H3. The number of hydrogen-bond donors (Lipinski definition) is 0. The number of hydrogen-bond acceptors (Lipinski definition) is 4. The van der Waals surface area contributed by atoms with Gasteiger partial charge in [-0.05, 0) is 30.7 Å². The van der Waals surface area contributed by atoms with Crippen LogP contribution in [0.1, 0.15) is 15.9 Å². The molecule has 0 aromatic heterocycles. The van der Waals surface area contributed by atoms with Crippen LogP contribution in [0.25, 0.3) is 0 Å². The zero-order valence-corrected chi connectivity index (χ0v) is 8.87. The summed E-state index contributed by atoms with van der Waals surface area (Å²) in [5, 5.41) is 0. The fraction of sp³-hybridized carbons (Fsp3) is 0.273. The highest BCUT2D eigenvalue weighted by molar-refractivity contribution is 6.40. The minimum absolute atomic E-state index is 0.306. The van der Waals surface area contributed by atoms with Crippen LogP contribution in [0.4, 0.5) is 0 Å². The summed E-state index contributed by atoms with van der Waals surface area (Å²) in [5.74, 6) is -0.834. The van der Waals surface area contributed by atoms with Crippen LogP contribution in [0.5, 0.6) is 5.75 Å². The first kappa shape index (κ1) is 11.2. The lowest BCUT2D eigenvalue weighted by molar-refractivity contribution is -0.135. The van der Waals surface area contributed by atoms with Gasteiger partial charge in [0.25, 0.3) is 5.78 Å². The first-order chi connectivity index (χ1) is 7.10. The molecule has 0 aliphatic rings. The second-order valence-electron chi connectivity index (χ2n) is 3.01. The molecule has 0 N–H and O–H groups in total. The number of carbonyl (C=O) groups excluding carboxylic acids is 2. The third-order valence-electron chi connectivity index (χ3n) is 2.03. The van der Waals surface area contributed by atoms with Crippen molar-refractivity contribution < 1.29 is 19.1 Å². The van der Waals surface area contributed by atoms with Gasteiger partial charge in [-0.15, -0.1) is 0 Å². The molecule has 1 rings (SSSR count). The molecule has 0 saturated heterocycles. The first-order valence-electron chi connectivity index (χ1n) is 4.37. The molecule has 15 heavy (non-hydrogen) atoms. The first-order valence-corrected chi connectivity index (χ1v) is 4.37. The van der Waals surface area contributed by atoms with Crippen LogP contribution in [-0.4, -0.2) is 26.0 Å². The van der Waals surface area contributed by atoms with E-state index in [1.54, 1.807) is 26.2 Å². The summed E-state index contributed by atoms with van der Waals surface area (Å²) in [6.07, 6.45) is 0. The number of methoxy groups -OCH3 is 2. The van der Waals surface area contributed by atoms with Crippen molar-refractivity contribution in [2.24, 2.45) is 0 Å². The minimum atomic E-state index is -0.862. The molecule has 0 fully saturated rings. The van der Waals surface area contributed by atoms with Gasteiger partial charge in [-0.1, -0.05) is 0 Å². The zero-order valence-electron chi connectivity index (χ0n) is 8.87. The number of benzene rings is 1. The number of ketones is 1. The van der Waals surface area contributed by atoms with Crippen molar-refractivity contribution in [3.63, 3.8) is 0 Å². The average Bonchev–Trinajstić information content (AvgIpc) is 2.26. The molecule has 0 spiro atoms. The van der Waals surface area contributed by atoms with Gasteiger partial charge in [0.1, 0.15) is 5.75 Å². The molecule has 0 atom stereocenters. The van der Waals surface area contributed by atoms with Gasteiger partial charge >= 0.3 is 5.97 Å². The van der Waals surface area contributed by atoms with E-state index < -0.39 is 11.8 Å². The Balaban J connectivity index is 3.02. The Kier molecular flexibility index (Phi) is 3.44. The van der Waals surface area contributed by atoms with E-state index in [1.807, 2.05) is 0 Å². The monoisotopic (exact) mass is 208 g/mol. The molecular weight excluding hydrogens is 196 g/mol. The summed E-state index contributed by atoms with van der Waals surface area (Å²) in [5.41, 5.74) is 1.10. The van der Waals surface area contributed by atoms with Gasteiger partial charge in [0.05, 0.1) is 14.2 Å². The van der Waals surface area contributed by atoms with Gasteiger partial charge in [0.2, 0.25) is 0 Å². The molecule has 0 unspecified atom stereocenters. The fourth-order valence-electron chi connectivity index (χ4n) is 1.23. The van der Waals surface area contributed by atoms with Crippen LogP contribution >= 0.6 is 0 Å². The second-order valence-corrected chi connectivity index (χ2v) is 3.01. The van der Waals surface area contributed by atoms with Crippen LogP contribution in [-0.2, 0) is 9.53 Å². The quantitative estimate of drug-likeness (QED) is 0.427. The van der Waals surface area contributed by atoms with Gasteiger partial charge < -0.3 is 9.47 Å². The summed E-state index contributed by atoms with van der Waals surface area (Å²) in [7, 11) is 2.72. The minimum Gasteiger partial charge on any atom is -0.496 e.